The Hall–Kier alpha value is -1.79. The van der Waals surface area contributed by atoms with Gasteiger partial charge in [-0.05, 0) is 19.1 Å². The molecule has 0 spiro atoms. The SMILES string of the molecule is Cc1cc(-c2nc(CN3CCNCC3)no2)ccn1. The molecule has 1 fully saturated rings. The van der Waals surface area contributed by atoms with E-state index in [1.54, 1.807) is 6.20 Å². The third-order valence-electron chi connectivity index (χ3n) is 3.19. The lowest BCUT2D eigenvalue weighted by Crippen LogP contribution is -2.43. The molecular formula is C13H17N5O. The first-order valence-electron chi connectivity index (χ1n) is 6.50. The van der Waals surface area contributed by atoms with Gasteiger partial charge in [-0.15, -0.1) is 0 Å². The predicted octanol–water partition coefficient (Wildman–Crippen LogP) is 0.845. The molecule has 1 aliphatic rings. The minimum Gasteiger partial charge on any atom is -0.334 e. The smallest absolute Gasteiger partial charge is 0.258 e. The van der Waals surface area contributed by atoms with Gasteiger partial charge in [0.1, 0.15) is 0 Å². The number of hydrogen-bond acceptors (Lipinski definition) is 6. The molecule has 0 aromatic carbocycles. The zero-order chi connectivity index (χ0) is 13.1. The van der Waals surface area contributed by atoms with Crippen molar-refractivity contribution < 1.29 is 4.52 Å². The van der Waals surface area contributed by atoms with Crippen molar-refractivity contribution in [2.45, 2.75) is 13.5 Å². The van der Waals surface area contributed by atoms with E-state index in [0.29, 0.717) is 5.89 Å². The third kappa shape index (κ3) is 2.97. The topological polar surface area (TPSA) is 67.1 Å². The van der Waals surface area contributed by atoms with Crippen LogP contribution in [0.3, 0.4) is 0 Å². The number of aryl methyl sites for hydroxylation is 1. The van der Waals surface area contributed by atoms with Crippen molar-refractivity contribution in [3.05, 3.63) is 29.8 Å². The number of pyridine rings is 1. The quantitative estimate of drug-likeness (QED) is 0.881. The number of aromatic nitrogens is 3. The summed E-state index contributed by atoms with van der Waals surface area (Å²) >= 11 is 0. The van der Waals surface area contributed by atoms with Crippen molar-refractivity contribution in [2.75, 3.05) is 26.2 Å². The van der Waals surface area contributed by atoms with Crippen LogP contribution >= 0.6 is 0 Å². The average Bonchev–Trinajstić information content (AvgIpc) is 2.88. The van der Waals surface area contributed by atoms with Crippen molar-refractivity contribution in [2.24, 2.45) is 0 Å². The molecule has 3 rings (SSSR count). The van der Waals surface area contributed by atoms with Crippen LogP contribution in [0.1, 0.15) is 11.5 Å². The second kappa shape index (κ2) is 5.46. The molecule has 6 heteroatoms. The fourth-order valence-electron chi connectivity index (χ4n) is 2.18. The Labute approximate surface area is 111 Å². The lowest BCUT2D eigenvalue weighted by Gasteiger charge is -2.25. The van der Waals surface area contributed by atoms with Crippen LogP contribution in [0.5, 0.6) is 0 Å². The maximum Gasteiger partial charge on any atom is 0.258 e. The molecule has 1 N–H and O–H groups in total. The van der Waals surface area contributed by atoms with Crippen LogP contribution in [0.25, 0.3) is 11.5 Å². The number of nitrogens with zero attached hydrogens (tertiary/aromatic N) is 4. The highest BCUT2D eigenvalue weighted by Gasteiger charge is 2.14. The Balaban J connectivity index is 1.72. The lowest BCUT2D eigenvalue weighted by molar-refractivity contribution is 0.225. The minimum atomic E-state index is 0.565. The number of nitrogens with one attached hydrogen (secondary N) is 1. The third-order valence-corrected chi connectivity index (χ3v) is 3.19. The zero-order valence-corrected chi connectivity index (χ0v) is 11.0. The summed E-state index contributed by atoms with van der Waals surface area (Å²) in [4.78, 5) is 10.9. The van der Waals surface area contributed by atoms with Crippen molar-refractivity contribution >= 4 is 0 Å². The van der Waals surface area contributed by atoms with E-state index in [4.69, 9.17) is 4.52 Å². The van der Waals surface area contributed by atoms with Crippen molar-refractivity contribution in [1.82, 2.24) is 25.3 Å². The first kappa shape index (κ1) is 12.3. The van der Waals surface area contributed by atoms with E-state index in [1.807, 2.05) is 19.1 Å². The predicted molar refractivity (Wildman–Crippen MR) is 70.4 cm³/mol. The summed E-state index contributed by atoms with van der Waals surface area (Å²) in [7, 11) is 0. The molecule has 0 bridgehead atoms. The molecule has 2 aromatic heterocycles. The maximum absolute atomic E-state index is 5.32. The van der Waals surface area contributed by atoms with Gasteiger partial charge in [-0.1, -0.05) is 5.16 Å². The van der Waals surface area contributed by atoms with Crippen LogP contribution in [0.2, 0.25) is 0 Å². The summed E-state index contributed by atoms with van der Waals surface area (Å²) in [5.74, 6) is 1.31. The molecular weight excluding hydrogens is 242 g/mol. The van der Waals surface area contributed by atoms with E-state index >= 15 is 0 Å². The van der Waals surface area contributed by atoms with Crippen molar-refractivity contribution in [3.63, 3.8) is 0 Å². The van der Waals surface area contributed by atoms with Crippen LogP contribution in [0.15, 0.2) is 22.9 Å². The highest BCUT2D eigenvalue weighted by molar-refractivity contribution is 5.52. The van der Waals surface area contributed by atoms with Gasteiger partial charge in [0.25, 0.3) is 5.89 Å². The van der Waals surface area contributed by atoms with Gasteiger partial charge in [-0.3, -0.25) is 9.88 Å². The lowest BCUT2D eigenvalue weighted by atomic mass is 10.2. The monoisotopic (exact) mass is 259 g/mol. The summed E-state index contributed by atoms with van der Waals surface area (Å²) < 4.78 is 5.32. The Bertz CT molecular complexity index is 547. The van der Waals surface area contributed by atoms with Gasteiger partial charge in [-0.2, -0.15) is 4.98 Å². The van der Waals surface area contributed by atoms with Crippen LogP contribution in [-0.4, -0.2) is 46.2 Å². The molecule has 2 aromatic rings. The van der Waals surface area contributed by atoms with Gasteiger partial charge in [0.2, 0.25) is 0 Å². The van der Waals surface area contributed by atoms with Gasteiger partial charge >= 0.3 is 0 Å². The van der Waals surface area contributed by atoms with Crippen molar-refractivity contribution in [1.29, 1.82) is 0 Å². The molecule has 0 saturated carbocycles. The Morgan fingerprint density at radius 1 is 1.37 bits per heavy atom. The summed E-state index contributed by atoms with van der Waals surface area (Å²) in [6, 6.07) is 3.83. The van der Waals surface area contributed by atoms with Crippen LogP contribution in [-0.2, 0) is 6.54 Å². The van der Waals surface area contributed by atoms with Crippen LogP contribution < -0.4 is 5.32 Å². The summed E-state index contributed by atoms with van der Waals surface area (Å²) in [5.41, 5.74) is 1.87. The number of hydrogen-bond donors (Lipinski definition) is 1. The minimum absolute atomic E-state index is 0.565. The second-order valence-corrected chi connectivity index (χ2v) is 4.73. The maximum atomic E-state index is 5.32. The first-order chi connectivity index (χ1) is 9.31. The molecule has 1 aliphatic heterocycles. The molecule has 1 saturated heterocycles. The Morgan fingerprint density at radius 2 is 2.21 bits per heavy atom. The molecule has 0 unspecified atom stereocenters. The fourth-order valence-corrected chi connectivity index (χ4v) is 2.18. The summed E-state index contributed by atoms with van der Waals surface area (Å²) in [5, 5.41) is 7.37. The van der Waals surface area contributed by atoms with Crippen LogP contribution in [0.4, 0.5) is 0 Å². The molecule has 19 heavy (non-hydrogen) atoms. The van der Waals surface area contributed by atoms with E-state index in [-0.39, 0.29) is 0 Å². The molecule has 0 amide bonds. The summed E-state index contributed by atoms with van der Waals surface area (Å²) in [6.07, 6.45) is 1.75. The molecule has 0 radical (unpaired) electrons. The fraction of sp³-hybridized carbons (Fsp3) is 0.462. The molecule has 0 aliphatic carbocycles. The first-order valence-corrected chi connectivity index (χ1v) is 6.50. The second-order valence-electron chi connectivity index (χ2n) is 4.73. The Morgan fingerprint density at radius 3 is 3.00 bits per heavy atom. The van der Waals surface area contributed by atoms with E-state index < -0.39 is 0 Å². The van der Waals surface area contributed by atoms with Gasteiger partial charge in [0, 0.05) is 43.6 Å². The largest absolute Gasteiger partial charge is 0.334 e. The normalized spacial score (nSPS) is 16.7. The van der Waals surface area contributed by atoms with E-state index in [9.17, 15) is 0 Å². The highest BCUT2D eigenvalue weighted by atomic mass is 16.5. The molecule has 0 atom stereocenters. The van der Waals surface area contributed by atoms with E-state index in [0.717, 1.165) is 49.8 Å². The number of piperazine rings is 1. The van der Waals surface area contributed by atoms with Gasteiger partial charge in [-0.25, -0.2) is 0 Å². The molecule has 100 valence electrons. The zero-order valence-electron chi connectivity index (χ0n) is 11.0. The molecule has 3 heterocycles. The van der Waals surface area contributed by atoms with E-state index in [1.165, 1.54) is 0 Å². The van der Waals surface area contributed by atoms with Crippen LogP contribution in [0, 0.1) is 6.92 Å². The van der Waals surface area contributed by atoms with Gasteiger partial charge < -0.3 is 9.84 Å². The Kier molecular flexibility index (Phi) is 3.52. The number of rotatable bonds is 3. The average molecular weight is 259 g/mol. The highest BCUT2D eigenvalue weighted by Crippen LogP contribution is 2.17. The van der Waals surface area contributed by atoms with Gasteiger partial charge in [0.15, 0.2) is 5.82 Å². The van der Waals surface area contributed by atoms with E-state index in [2.05, 4.69) is 25.3 Å². The van der Waals surface area contributed by atoms with Crippen molar-refractivity contribution in [3.8, 4) is 11.5 Å². The summed E-state index contributed by atoms with van der Waals surface area (Å²) in [6.45, 7) is 6.79. The standard InChI is InChI=1S/C13H17N5O/c1-10-8-11(2-3-15-10)13-16-12(17-19-13)9-18-6-4-14-5-7-18/h2-3,8,14H,4-7,9H2,1H3. The molecule has 6 nitrogen and oxygen atoms in total. The van der Waals surface area contributed by atoms with Gasteiger partial charge in [0.05, 0.1) is 6.54 Å².